The molecule has 0 atom stereocenters. The Hall–Kier alpha value is -1.97. The van der Waals surface area contributed by atoms with Crippen LogP contribution in [-0.4, -0.2) is 32.5 Å². The number of hydrogen-bond donors (Lipinski definition) is 3. The normalized spacial score (nSPS) is 11.8. The van der Waals surface area contributed by atoms with Gasteiger partial charge in [0.05, 0.1) is 5.69 Å². The number of phenols is 1. The summed E-state index contributed by atoms with van der Waals surface area (Å²) < 4.78 is 0. The molecule has 1 aromatic rings. The lowest BCUT2D eigenvalue weighted by Gasteiger charge is -2.09. The second-order valence-corrected chi connectivity index (χ2v) is 3.59. The zero-order chi connectivity index (χ0) is 12.7. The smallest absolute Gasteiger partial charge is 0.139 e. The van der Waals surface area contributed by atoms with Crippen molar-refractivity contribution < 1.29 is 5.11 Å². The van der Waals surface area contributed by atoms with Crippen LogP contribution in [0.2, 0.25) is 0 Å². The molecule has 3 N–H and O–H groups in total. The van der Waals surface area contributed by atoms with Gasteiger partial charge < -0.3 is 20.7 Å². The summed E-state index contributed by atoms with van der Waals surface area (Å²) >= 11 is 0. The van der Waals surface area contributed by atoms with Crippen LogP contribution in [0.1, 0.15) is 12.0 Å². The number of nitrogens with one attached hydrogen (secondary N) is 2. The molecule has 17 heavy (non-hydrogen) atoms. The highest BCUT2D eigenvalue weighted by atomic mass is 16.3. The molecule has 0 saturated carbocycles. The fourth-order valence-corrected chi connectivity index (χ4v) is 1.57. The average Bonchev–Trinajstić information content (AvgIpc) is 2.34. The molecule has 0 aliphatic rings. The average molecular weight is 233 g/mol. The lowest BCUT2D eigenvalue weighted by molar-refractivity contribution is 0.477. The Labute approximate surface area is 102 Å². The molecular weight excluding hydrogens is 214 g/mol. The van der Waals surface area contributed by atoms with E-state index in [4.69, 9.17) is 0 Å². The predicted molar refractivity (Wildman–Crippen MR) is 73.7 cm³/mol. The molecule has 0 saturated heterocycles. The van der Waals surface area contributed by atoms with Crippen molar-refractivity contribution in [3.63, 3.8) is 0 Å². The number of phenolic OH excluding ortho intramolecular Hbond substituents is 1. The Balaban J connectivity index is 3.02. The van der Waals surface area contributed by atoms with Crippen LogP contribution < -0.4 is 10.6 Å². The predicted octanol–water partition coefficient (Wildman–Crippen LogP) is 2.08. The fourth-order valence-electron chi connectivity index (χ4n) is 1.57. The number of anilines is 1. The van der Waals surface area contributed by atoms with Crippen molar-refractivity contribution in [3.05, 3.63) is 30.0 Å². The van der Waals surface area contributed by atoms with E-state index in [9.17, 15) is 5.11 Å². The van der Waals surface area contributed by atoms with Crippen molar-refractivity contribution in [1.82, 2.24) is 5.32 Å². The molecule has 0 aliphatic carbocycles. The second-order valence-electron chi connectivity index (χ2n) is 3.59. The summed E-state index contributed by atoms with van der Waals surface area (Å²) in [6.07, 6.45) is 4.48. The van der Waals surface area contributed by atoms with Crippen LogP contribution in [0, 0.1) is 0 Å². The Kier molecular flexibility index (Phi) is 5.07. The van der Waals surface area contributed by atoms with Gasteiger partial charge >= 0.3 is 0 Å². The first kappa shape index (κ1) is 13.1. The van der Waals surface area contributed by atoms with E-state index < -0.39 is 0 Å². The number of benzene rings is 1. The quantitative estimate of drug-likeness (QED) is 0.539. The van der Waals surface area contributed by atoms with E-state index in [0.29, 0.717) is 0 Å². The molecule has 0 heterocycles. The third-order valence-corrected chi connectivity index (χ3v) is 2.45. The molecule has 0 radical (unpaired) electrons. The summed E-state index contributed by atoms with van der Waals surface area (Å²) in [4.78, 5) is 3.97. The van der Waals surface area contributed by atoms with Crippen LogP contribution >= 0.6 is 0 Å². The molecule has 1 rings (SSSR count). The van der Waals surface area contributed by atoms with Crippen LogP contribution in [0.5, 0.6) is 5.75 Å². The summed E-state index contributed by atoms with van der Waals surface area (Å²) in [6.45, 7) is 0. The number of nitrogens with zero attached hydrogens (tertiary/aromatic N) is 1. The maximum atomic E-state index is 9.79. The highest BCUT2D eigenvalue weighted by Crippen LogP contribution is 2.27. The number of hydrogen-bond acceptors (Lipinski definition) is 4. The molecule has 92 valence electrons. The number of aliphatic imine (C=N–C) groups is 1. The van der Waals surface area contributed by atoms with E-state index in [1.54, 1.807) is 20.2 Å². The molecule has 0 amide bonds. The van der Waals surface area contributed by atoms with Crippen molar-refractivity contribution in [2.45, 2.75) is 6.42 Å². The van der Waals surface area contributed by atoms with Gasteiger partial charge in [-0.3, -0.25) is 0 Å². The maximum Gasteiger partial charge on any atom is 0.139 e. The molecule has 0 fully saturated rings. The molecule has 4 nitrogen and oxygen atoms in total. The van der Waals surface area contributed by atoms with Gasteiger partial charge in [-0.15, -0.1) is 0 Å². The molecular formula is C13H19N3O. The van der Waals surface area contributed by atoms with Crippen LogP contribution in [0.25, 0.3) is 5.57 Å². The summed E-state index contributed by atoms with van der Waals surface area (Å²) in [5, 5.41) is 15.7. The minimum absolute atomic E-state index is 0.250. The number of allylic oxidation sites excluding steroid dienone is 1. The van der Waals surface area contributed by atoms with Gasteiger partial charge in [0.15, 0.2) is 0 Å². The van der Waals surface area contributed by atoms with Crippen LogP contribution in [0.3, 0.4) is 0 Å². The van der Waals surface area contributed by atoms with Gasteiger partial charge in [-0.05, 0) is 23.3 Å². The molecule has 4 heteroatoms. The zero-order valence-electron chi connectivity index (χ0n) is 10.5. The summed E-state index contributed by atoms with van der Waals surface area (Å²) in [5.41, 5.74) is 2.79. The van der Waals surface area contributed by atoms with Gasteiger partial charge in [-0.1, -0.05) is 6.07 Å². The third-order valence-electron chi connectivity index (χ3n) is 2.45. The highest BCUT2D eigenvalue weighted by molar-refractivity contribution is 5.80. The zero-order valence-corrected chi connectivity index (χ0v) is 10.5. The Morgan fingerprint density at radius 1 is 1.41 bits per heavy atom. The van der Waals surface area contributed by atoms with E-state index in [2.05, 4.69) is 15.6 Å². The maximum absolute atomic E-state index is 9.79. The Morgan fingerprint density at radius 2 is 2.18 bits per heavy atom. The summed E-state index contributed by atoms with van der Waals surface area (Å²) in [5.74, 6) is 0.250. The third kappa shape index (κ3) is 3.52. The van der Waals surface area contributed by atoms with Gasteiger partial charge in [-0.2, -0.15) is 0 Å². The van der Waals surface area contributed by atoms with E-state index in [1.807, 2.05) is 31.6 Å². The number of aromatic hydroxyl groups is 1. The lowest BCUT2D eigenvalue weighted by atomic mass is 10.0. The van der Waals surface area contributed by atoms with E-state index >= 15 is 0 Å². The topological polar surface area (TPSA) is 56.7 Å². The lowest BCUT2D eigenvalue weighted by Crippen LogP contribution is -1.98. The molecule has 0 aliphatic heterocycles. The van der Waals surface area contributed by atoms with Crippen LogP contribution in [-0.2, 0) is 0 Å². The van der Waals surface area contributed by atoms with Crippen molar-refractivity contribution in [2.75, 3.05) is 26.5 Å². The molecule has 0 spiro atoms. The van der Waals surface area contributed by atoms with Crippen LogP contribution in [0.4, 0.5) is 5.69 Å². The first-order valence-electron chi connectivity index (χ1n) is 5.51. The van der Waals surface area contributed by atoms with Crippen molar-refractivity contribution in [3.8, 4) is 5.75 Å². The minimum Gasteiger partial charge on any atom is -0.506 e. The van der Waals surface area contributed by atoms with Crippen molar-refractivity contribution in [2.24, 2.45) is 4.99 Å². The van der Waals surface area contributed by atoms with Gasteiger partial charge in [-0.25, -0.2) is 0 Å². The van der Waals surface area contributed by atoms with Crippen molar-refractivity contribution >= 4 is 17.5 Å². The molecule has 0 aromatic heterocycles. The molecule has 1 aromatic carbocycles. The van der Waals surface area contributed by atoms with E-state index in [1.165, 1.54) is 0 Å². The second kappa shape index (κ2) is 6.58. The molecule has 0 bridgehead atoms. The van der Waals surface area contributed by atoms with Gasteiger partial charge in [0.1, 0.15) is 5.75 Å². The van der Waals surface area contributed by atoms with Gasteiger partial charge in [0, 0.05) is 40.0 Å². The monoisotopic (exact) mass is 233 g/mol. The van der Waals surface area contributed by atoms with E-state index in [0.717, 1.165) is 23.2 Å². The van der Waals surface area contributed by atoms with Gasteiger partial charge in [0.2, 0.25) is 0 Å². The van der Waals surface area contributed by atoms with Gasteiger partial charge in [0.25, 0.3) is 0 Å². The highest BCUT2D eigenvalue weighted by Gasteiger charge is 2.04. The molecule has 0 unspecified atom stereocenters. The fraction of sp³-hybridized carbons (Fsp3) is 0.308. The summed E-state index contributed by atoms with van der Waals surface area (Å²) in [6, 6.07) is 5.58. The Bertz CT molecular complexity index is 425. The Morgan fingerprint density at radius 3 is 2.71 bits per heavy atom. The first-order valence-corrected chi connectivity index (χ1v) is 5.51. The van der Waals surface area contributed by atoms with Crippen molar-refractivity contribution in [1.29, 1.82) is 0 Å². The van der Waals surface area contributed by atoms with Crippen LogP contribution in [0.15, 0.2) is 29.4 Å². The largest absolute Gasteiger partial charge is 0.506 e. The van der Waals surface area contributed by atoms with E-state index in [-0.39, 0.29) is 5.75 Å². The standard InChI is InChI=1S/C13H19N3O/c1-14-7-6-11(9-15-2)10-4-5-12(16-3)13(17)8-10/h4-5,7-9,15-17H,6H2,1-3H3/b11-9+,14-7-. The number of rotatable bonds is 5. The minimum atomic E-state index is 0.250. The first-order chi connectivity index (χ1) is 8.22. The summed E-state index contributed by atoms with van der Waals surface area (Å²) in [7, 11) is 5.38. The SMILES string of the molecule is C/N=C\C/C(=C\NC)c1ccc(NC)c(O)c1.